The molecule has 0 spiro atoms. The van der Waals surface area contributed by atoms with E-state index in [1.54, 1.807) is 31.2 Å². The first-order valence-electron chi connectivity index (χ1n) is 11.9. The van der Waals surface area contributed by atoms with E-state index < -0.39 is 31.6 Å². The summed E-state index contributed by atoms with van der Waals surface area (Å²) in [7, 11) is -7.19. The quantitative estimate of drug-likeness (QED) is 0.142. The lowest BCUT2D eigenvalue weighted by Crippen LogP contribution is -2.21. The molecule has 0 aliphatic heterocycles. The molecule has 0 saturated carbocycles. The smallest absolute Gasteiger partial charge is 0.263 e. The first kappa shape index (κ1) is 30.5. The van der Waals surface area contributed by atoms with Gasteiger partial charge in [-0.05, 0) is 55.0 Å². The fourth-order valence-corrected chi connectivity index (χ4v) is 6.16. The highest BCUT2D eigenvalue weighted by atomic mass is 35.5. The fraction of sp³-hybridized carbons (Fsp3) is 0.154. The molecule has 5 N–H and O–H groups in total. The van der Waals surface area contributed by atoms with Crippen LogP contribution < -0.4 is 15.4 Å². The van der Waals surface area contributed by atoms with Crippen LogP contribution in [0.15, 0.2) is 76.7 Å². The molecule has 15 heteroatoms. The second kappa shape index (κ2) is 12.2. The highest BCUT2D eigenvalue weighted by molar-refractivity contribution is 7.93. The van der Waals surface area contributed by atoms with Crippen molar-refractivity contribution in [3.63, 3.8) is 0 Å². The zero-order valence-electron chi connectivity index (χ0n) is 21.7. The van der Waals surface area contributed by atoms with Gasteiger partial charge in [-0.2, -0.15) is 4.98 Å². The fourth-order valence-electron chi connectivity index (χ4n) is 3.64. The molecular formula is C26H25Cl2FN6O4S2. The van der Waals surface area contributed by atoms with E-state index in [9.17, 15) is 17.7 Å². The van der Waals surface area contributed by atoms with E-state index in [1.807, 2.05) is 0 Å². The number of nitrogens with zero attached hydrogens (tertiary/aromatic N) is 2. The molecule has 0 amide bonds. The van der Waals surface area contributed by atoms with Crippen LogP contribution in [-0.2, 0) is 19.8 Å². The van der Waals surface area contributed by atoms with Gasteiger partial charge in [-0.15, -0.1) is 0 Å². The van der Waals surface area contributed by atoms with Crippen LogP contribution in [0.1, 0.15) is 6.92 Å². The average molecular weight is 640 g/mol. The summed E-state index contributed by atoms with van der Waals surface area (Å²) in [5, 5.41) is 15.5. The molecule has 0 radical (unpaired) electrons. The van der Waals surface area contributed by atoms with Crippen molar-refractivity contribution >= 4 is 66.1 Å². The molecule has 0 bridgehead atoms. The van der Waals surface area contributed by atoms with Crippen LogP contribution in [-0.4, -0.2) is 46.6 Å². The van der Waals surface area contributed by atoms with Crippen LogP contribution in [0.25, 0.3) is 11.1 Å². The van der Waals surface area contributed by atoms with E-state index >= 15 is 4.39 Å². The highest BCUT2D eigenvalue weighted by Gasteiger charge is 2.22. The molecule has 1 heterocycles. The number of aromatic nitrogens is 2. The third-order valence-corrected chi connectivity index (χ3v) is 9.21. The Morgan fingerprint density at radius 1 is 1.07 bits per heavy atom. The molecule has 4 rings (SSSR count). The number of hydrogen-bond acceptors (Lipinski definition) is 9. The number of nitrogens with one attached hydrogen (secondary N) is 4. The Balaban J connectivity index is 1.66. The lowest BCUT2D eigenvalue weighted by molar-refractivity contribution is 0.281. The lowest BCUT2D eigenvalue weighted by Gasteiger charge is -2.17. The zero-order chi connectivity index (χ0) is 29.9. The van der Waals surface area contributed by atoms with Gasteiger partial charge in [0.15, 0.2) is 0 Å². The summed E-state index contributed by atoms with van der Waals surface area (Å²) in [6, 6.07) is 14.0. The van der Waals surface area contributed by atoms with E-state index in [0.717, 1.165) is 6.07 Å². The second-order valence-electron chi connectivity index (χ2n) is 9.03. The van der Waals surface area contributed by atoms with Gasteiger partial charge in [0.05, 0.1) is 32.1 Å². The van der Waals surface area contributed by atoms with E-state index in [0.29, 0.717) is 21.7 Å². The van der Waals surface area contributed by atoms with Crippen molar-refractivity contribution in [1.29, 1.82) is 4.78 Å². The molecule has 0 fully saturated rings. The number of aliphatic hydroxyl groups excluding tert-OH is 1. The third kappa shape index (κ3) is 7.24. The van der Waals surface area contributed by atoms with Crippen LogP contribution in [0.2, 0.25) is 10.0 Å². The van der Waals surface area contributed by atoms with Crippen molar-refractivity contribution in [2.24, 2.45) is 0 Å². The van der Waals surface area contributed by atoms with Gasteiger partial charge < -0.3 is 15.7 Å². The molecule has 0 aliphatic carbocycles. The summed E-state index contributed by atoms with van der Waals surface area (Å²) in [6.07, 6.45) is 2.75. The summed E-state index contributed by atoms with van der Waals surface area (Å²) in [6.45, 7) is 1.50. The summed E-state index contributed by atoms with van der Waals surface area (Å²) >= 11 is 12.0. The van der Waals surface area contributed by atoms with Crippen LogP contribution in [0, 0.1) is 10.6 Å². The van der Waals surface area contributed by atoms with E-state index in [-0.39, 0.29) is 39.0 Å². The molecule has 0 aliphatic rings. The predicted molar refractivity (Wildman–Crippen MR) is 160 cm³/mol. The number of rotatable bonds is 10. The number of sulfonamides is 1. The van der Waals surface area contributed by atoms with Gasteiger partial charge in [0, 0.05) is 34.6 Å². The monoisotopic (exact) mass is 638 g/mol. The molecule has 2 unspecified atom stereocenters. The van der Waals surface area contributed by atoms with Crippen molar-refractivity contribution < 1.29 is 22.1 Å². The lowest BCUT2D eigenvalue weighted by atomic mass is 10.1. The maximum atomic E-state index is 15.2. The van der Waals surface area contributed by atoms with Crippen LogP contribution >= 0.6 is 23.2 Å². The van der Waals surface area contributed by atoms with Crippen LogP contribution in [0.4, 0.5) is 27.5 Å². The first-order chi connectivity index (χ1) is 19.3. The summed E-state index contributed by atoms with van der Waals surface area (Å²) in [5.74, 6) is -0.462. The number of hydrogen-bond donors (Lipinski definition) is 5. The van der Waals surface area contributed by atoms with Gasteiger partial charge in [-0.1, -0.05) is 41.4 Å². The molecule has 1 aromatic heterocycles. The van der Waals surface area contributed by atoms with Gasteiger partial charge >= 0.3 is 0 Å². The Morgan fingerprint density at radius 3 is 2.49 bits per heavy atom. The minimum atomic E-state index is -4.25. The van der Waals surface area contributed by atoms with Crippen LogP contribution in [0.3, 0.4) is 0 Å². The van der Waals surface area contributed by atoms with Gasteiger partial charge in [-0.3, -0.25) is 4.72 Å². The third-order valence-electron chi connectivity index (χ3n) is 5.72. The van der Waals surface area contributed by atoms with Gasteiger partial charge in [0.1, 0.15) is 16.5 Å². The standard InChI is InChI=1S/C26H25Cl2FN6O4S2/c1-15(14-36)32-25-19(13-31-26(34-25)33-17-5-3-6-18(12-17)40(2,30)37)16-9-10-22(21(29)11-16)35-41(38,39)23-8-4-7-20(27)24(23)28/h3-13,15,30,35-36H,14H2,1-2H3,(H2,31,32,33,34). The molecule has 41 heavy (non-hydrogen) atoms. The highest BCUT2D eigenvalue weighted by Crippen LogP contribution is 2.33. The number of aliphatic hydroxyl groups is 1. The molecular weight excluding hydrogens is 614 g/mol. The minimum absolute atomic E-state index is 0.0366. The van der Waals surface area contributed by atoms with Crippen molar-refractivity contribution in [2.45, 2.75) is 22.8 Å². The summed E-state index contributed by atoms with van der Waals surface area (Å²) in [5.41, 5.74) is 0.885. The predicted octanol–water partition coefficient (Wildman–Crippen LogP) is 5.96. The van der Waals surface area contributed by atoms with Crippen molar-refractivity contribution in [2.75, 3.05) is 28.2 Å². The van der Waals surface area contributed by atoms with Gasteiger partial charge in [-0.25, -0.2) is 26.8 Å². The van der Waals surface area contributed by atoms with E-state index in [4.69, 9.17) is 28.0 Å². The number of benzene rings is 3. The van der Waals surface area contributed by atoms with Crippen molar-refractivity contribution in [3.05, 3.63) is 82.7 Å². The molecule has 10 nitrogen and oxygen atoms in total. The Labute approximate surface area is 247 Å². The van der Waals surface area contributed by atoms with Gasteiger partial charge in [0.25, 0.3) is 10.0 Å². The number of anilines is 4. The average Bonchev–Trinajstić information content (AvgIpc) is 2.91. The Kier molecular flexibility index (Phi) is 9.04. The normalized spacial score (nSPS) is 13.7. The SMILES string of the molecule is CC(CO)Nc1nc(Nc2cccc(S(C)(=N)=O)c2)ncc1-c1ccc(NS(=O)(=O)c2cccc(Cl)c2Cl)c(F)c1. The number of halogens is 3. The van der Waals surface area contributed by atoms with Crippen molar-refractivity contribution in [3.8, 4) is 11.1 Å². The Hall–Kier alpha value is -3.49. The zero-order valence-corrected chi connectivity index (χ0v) is 24.8. The van der Waals surface area contributed by atoms with Gasteiger partial charge in [0.2, 0.25) is 5.95 Å². The molecule has 2 atom stereocenters. The Morgan fingerprint density at radius 2 is 1.80 bits per heavy atom. The summed E-state index contributed by atoms with van der Waals surface area (Å²) in [4.78, 5) is 8.80. The molecule has 3 aromatic carbocycles. The molecule has 4 aromatic rings. The molecule has 0 saturated heterocycles. The topological polar surface area (TPSA) is 157 Å². The largest absolute Gasteiger partial charge is 0.394 e. The first-order valence-corrected chi connectivity index (χ1v) is 16.1. The maximum Gasteiger partial charge on any atom is 0.263 e. The van der Waals surface area contributed by atoms with E-state index in [2.05, 4.69) is 25.3 Å². The second-order valence-corrected chi connectivity index (χ2v) is 13.6. The Bertz CT molecular complexity index is 1820. The van der Waals surface area contributed by atoms with Crippen molar-refractivity contribution in [1.82, 2.24) is 9.97 Å². The van der Waals surface area contributed by atoms with Crippen LogP contribution in [0.5, 0.6) is 0 Å². The van der Waals surface area contributed by atoms with E-state index in [1.165, 1.54) is 42.8 Å². The maximum absolute atomic E-state index is 15.2. The molecule has 216 valence electrons. The minimum Gasteiger partial charge on any atom is -0.394 e. The summed E-state index contributed by atoms with van der Waals surface area (Å²) < 4.78 is 63.0.